The summed E-state index contributed by atoms with van der Waals surface area (Å²) in [5, 5.41) is 7.90. The number of aliphatic carboxylic acids is 1. The lowest BCUT2D eigenvalue weighted by molar-refractivity contribution is -0.484. The first-order valence-corrected chi connectivity index (χ1v) is 4.54. The quantitative estimate of drug-likeness (QED) is 0.757. The molecule has 0 saturated heterocycles. The van der Waals surface area contributed by atoms with Crippen molar-refractivity contribution < 1.29 is 71.7 Å². The maximum Gasteiger partial charge on any atom is 0.462 e. The van der Waals surface area contributed by atoms with E-state index in [1.165, 1.54) is 0 Å². The molecular weight excluding hydrogens is 379 g/mol. The van der Waals surface area contributed by atoms with E-state index in [-0.39, 0.29) is 0 Å². The van der Waals surface area contributed by atoms with Crippen molar-refractivity contribution in [2.75, 3.05) is 0 Å². The third-order valence-corrected chi connectivity index (χ3v) is 2.10. The molecule has 138 valence electrons. The fourth-order valence-corrected chi connectivity index (χ4v) is 0.984. The van der Waals surface area contributed by atoms with Crippen LogP contribution in [-0.2, 0) is 9.53 Å². The molecule has 0 heterocycles. The minimum absolute atomic E-state index is 1.55. The van der Waals surface area contributed by atoms with Gasteiger partial charge in [-0.3, -0.25) is 4.74 Å². The zero-order chi connectivity index (χ0) is 19.3. The van der Waals surface area contributed by atoms with Crippen LogP contribution in [0.1, 0.15) is 0 Å². The molecule has 1 N–H and O–H groups in total. The lowest BCUT2D eigenvalue weighted by Crippen LogP contribution is -2.69. The first-order chi connectivity index (χ1) is 9.65. The van der Waals surface area contributed by atoms with Gasteiger partial charge in [-0.25, -0.2) is 4.79 Å². The maximum atomic E-state index is 12.7. The third kappa shape index (κ3) is 3.25. The summed E-state index contributed by atoms with van der Waals surface area (Å²) < 4.78 is 160. The van der Waals surface area contributed by atoms with Crippen LogP contribution in [0.4, 0.5) is 57.1 Å². The van der Waals surface area contributed by atoms with Crippen molar-refractivity contribution in [1.82, 2.24) is 0 Å². The molecule has 0 aromatic heterocycles. The van der Waals surface area contributed by atoms with Gasteiger partial charge in [-0.05, 0) is 0 Å². The molecule has 0 aromatic rings. The Balaban J connectivity index is 6.38. The summed E-state index contributed by atoms with van der Waals surface area (Å²) in [4.78, 5) is 10.1. The standard InChI is InChI=1S/C7HF13O3/c8-3(9,6(16,17)18)7(19,20)23-2(1(21)22,4(10,11)12)5(13,14)15/h(H,21,22). The van der Waals surface area contributed by atoms with Gasteiger partial charge in [-0.2, -0.15) is 57.1 Å². The van der Waals surface area contributed by atoms with Gasteiger partial charge in [0.25, 0.3) is 0 Å². The molecule has 16 heteroatoms. The van der Waals surface area contributed by atoms with Crippen molar-refractivity contribution >= 4 is 5.97 Å². The van der Waals surface area contributed by atoms with Crippen molar-refractivity contribution in [2.24, 2.45) is 0 Å². The van der Waals surface area contributed by atoms with Crippen LogP contribution >= 0.6 is 0 Å². The number of alkyl halides is 13. The normalized spacial score (nSPS) is 15.7. The molecule has 0 spiro atoms. The topological polar surface area (TPSA) is 46.5 Å². The Bertz CT molecular complexity index is 442. The van der Waals surface area contributed by atoms with Gasteiger partial charge in [-0.1, -0.05) is 0 Å². The van der Waals surface area contributed by atoms with Crippen LogP contribution < -0.4 is 0 Å². The highest BCUT2D eigenvalue weighted by molar-refractivity contribution is 5.80. The molecule has 0 aliphatic heterocycles. The van der Waals surface area contributed by atoms with Crippen molar-refractivity contribution in [3.05, 3.63) is 0 Å². The molecule has 0 bridgehead atoms. The van der Waals surface area contributed by atoms with Gasteiger partial charge in [0.15, 0.2) is 0 Å². The van der Waals surface area contributed by atoms with Gasteiger partial charge < -0.3 is 5.11 Å². The minimum Gasteiger partial charge on any atom is -0.479 e. The van der Waals surface area contributed by atoms with Crippen molar-refractivity contribution in [3.8, 4) is 0 Å². The molecule has 0 radical (unpaired) electrons. The molecule has 0 saturated carbocycles. The van der Waals surface area contributed by atoms with E-state index in [1.807, 2.05) is 0 Å². The average molecular weight is 380 g/mol. The molecule has 3 nitrogen and oxygen atoms in total. The number of halogens is 13. The highest BCUT2D eigenvalue weighted by atomic mass is 19.4. The van der Waals surface area contributed by atoms with Gasteiger partial charge in [0.1, 0.15) is 0 Å². The Morgan fingerprint density at radius 3 is 1.13 bits per heavy atom. The molecule has 0 unspecified atom stereocenters. The van der Waals surface area contributed by atoms with Crippen LogP contribution in [0.2, 0.25) is 0 Å². The van der Waals surface area contributed by atoms with Crippen LogP contribution in [0.25, 0.3) is 0 Å². The van der Waals surface area contributed by atoms with Gasteiger partial charge in [0.05, 0.1) is 0 Å². The summed E-state index contributed by atoms with van der Waals surface area (Å²) in [6, 6.07) is 0. The summed E-state index contributed by atoms with van der Waals surface area (Å²) in [5.41, 5.74) is -7.03. The Labute approximate surface area is 115 Å². The number of carboxylic acids is 1. The second-order valence-electron chi connectivity index (χ2n) is 3.67. The smallest absolute Gasteiger partial charge is 0.462 e. The third-order valence-electron chi connectivity index (χ3n) is 2.10. The Hall–Kier alpha value is -1.48. The number of carbonyl (C=O) groups is 1. The van der Waals surface area contributed by atoms with Gasteiger partial charge in [0.2, 0.25) is 0 Å². The second-order valence-corrected chi connectivity index (χ2v) is 3.67. The van der Waals surface area contributed by atoms with E-state index >= 15 is 0 Å². The minimum atomic E-state index is -7.56. The van der Waals surface area contributed by atoms with Crippen molar-refractivity contribution in [1.29, 1.82) is 0 Å². The zero-order valence-corrected chi connectivity index (χ0v) is 9.68. The molecule has 0 fully saturated rings. The van der Waals surface area contributed by atoms with Crippen LogP contribution in [0, 0.1) is 0 Å². The van der Waals surface area contributed by atoms with E-state index < -0.39 is 42.1 Å². The van der Waals surface area contributed by atoms with E-state index in [2.05, 4.69) is 0 Å². The van der Waals surface area contributed by atoms with Crippen LogP contribution in [0.3, 0.4) is 0 Å². The summed E-state index contributed by atoms with van der Waals surface area (Å²) in [6.45, 7) is 0. The number of hydrogen-bond acceptors (Lipinski definition) is 2. The van der Waals surface area contributed by atoms with Crippen molar-refractivity contribution in [3.63, 3.8) is 0 Å². The average Bonchev–Trinajstić information content (AvgIpc) is 2.19. The molecule has 0 aliphatic carbocycles. The van der Waals surface area contributed by atoms with E-state index in [4.69, 9.17) is 5.11 Å². The predicted molar refractivity (Wildman–Crippen MR) is 39.5 cm³/mol. The number of carboxylic acid groups (broad SMARTS) is 1. The first-order valence-electron chi connectivity index (χ1n) is 4.54. The summed E-state index contributed by atoms with van der Waals surface area (Å²) in [6.07, 6.45) is -29.6. The zero-order valence-electron chi connectivity index (χ0n) is 9.68. The predicted octanol–water partition coefficient (Wildman–Crippen LogP) is 3.74. The lowest BCUT2D eigenvalue weighted by atomic mass is 10.0. The first kappa shape index (κ1) is 21.5. The van der Waals surface area contributed by atoms with Gasteiger partial charge in [0, 0.05) is 0 Å². The number of rotatable bonds is 4. The molecule has 23 heavy (non-hydrogen) atoms. The molecule has 0 atom stereocenters. The lowest BCUT2D eigenvalue weighted by Gasteiger charge is -2.37. The van der Waals surface area contributed by atoms with E-state index in [9.17, 15) is 61.9 Å². The monoisotopic (exact) mass is 380 g/mol. The molecule has 0 aliphatic rings. The Morgan fingerprint density at radius 1 is 0.652 bits per heavy atom. The molecule has 0 amide bonds. The number of hydrogen-bond donors (Lipinski definition) is 1. The maximum absolute atomic E-state index is 12.7. The molecule has 0 rings (SSSR count). The number of ether oxygens (including phenoxy) is 1. The van der Waals surface area contributed by atoms with Crippen LogP contribution in [-0.4, -0.2) is 47.2 Å². The SMILES string of the molecule is O=C(O)C(OC(F)(F)C(F)(F)C(F)(F)F)(C(F)(F)F)C(F)(F)F. The van der Waals surface area contributed by atoms with Crippen LogP contribution in [0.15, 0.2) is 0 Å². The van der Waals surface area contributed by atoms with E-state index in [0.717, 1.165) is 0 Å². The van der Waals surface area contributed by atoms with Gasteiger partial charge >= 0.3 is 42.1 Å². The fraction of sp³-hybridized carbons (Fsp3) is 0.857. The van der Waals surface area contributed by atoms with E-state index in [1.54, 1.807) is 4.74 Å². The highest BCUT2D eigenvalue weighted by Crippen LogP contribution is 2.54. The summed E-state index contributed by atoms with van der Waals surface area (Å²) >= 11 is 0. The second kappa shape index (κ2) is 5.27. The Kier molecular flexibility index (Phi) is 4.93. The van der Waals surface area contributed by atoms with Crippen LogP contribution in [0.5, 0.6) is 0 Å². The van der Waals surface area contributed by atoms with Crippen molar-refractivity contribution in [2.45, 2.75) is 36.2 Å². The summed E-state index contributed by atoms with van der Waals surface area (Å²) in [5.74, 6) is -11.9. The van der Waals surface area contributed by atoms with E-state index in [0.29, 0.717) is 0 Å². The fourth-order valence-electron chi connectivity index (χ4n) is 0.984. The largest absolute Gasteiger partial charge is 0.479 e. The highest BCUT2D eigenvalue weighted by Gasteiger charge is 2.85. The summed E-state index contributed by atoms with van der Waals surface area (Å²) in [7, 11) is 0. The Morgan fingerprint density at radius 2 is 0.957 bits per heavy atom. The molecular formula is C7HF13O3. The van der Waals surface area contributed by atoms with Gasteiger partial charge in [-0.15, -0.1) is 0 Å². The molecule has 0 aromatic carbocycles.